The van der Waals surface area contributed by atoms with Gasteiger partial charge in [0.15, 0.2) is 5.78 Å². The minimum absolute atomic E-state index is 0.00327. The summed E-state index contributed by atoms with van der Waals surface area (Å²) in [5.74, 6) is -0.279. The van der Waals surface area contributed by atoms with E-state index in [9.17, 15) is 9.59 Å². The van der Waals surface area contributed by atoms with Crippen molar-refractivity contribution < 1.29 is 9.59 Å². The molecule has 0 aliphatic carbocycles. The molecule has 2 rings (SSSR count). The van der Waals surface area contributed by atoms with Crippen LogP contribution in [0.5, 0.6) is 0 Å². The number of ketones is 1. The highest BCUT2D eigenvalue weighted by Crippen LogP contribution is 2.30. The van der Waals surface area contributed by atoms with Gasteiger partial charge in [0.1, 0.15) is 17.9 Å². The maximum absolute atomic E-state index is 12.3. The van der Waals surface area contributed by atoms with E-state index < -0.39 is 5.41 Å². The predicted octanol–water partition coefficient (Wildman–Crippen LogP) is 1.60. The van der Waals surface area contributed by atoms with E-state index >= 15 is 0 Å². The monoisotopic (exact) mass is 293 g/mol. The van der Waals surface area contributed by atoms with Crippen LogP contribution in [0.4, 0.5) is 5.00 Å². The molecule has 1 N–H and O–H groups in total. The highest BCUT2D eigenvalue weighted by Gasteiger charge is 2.26. The first-order valence-corrected chi connectivity index (χ1v) is 6.89. The fourth-order valence-electron chi connectivity index (χ4n) is 1.55. The molecule has 0 radical (unpaired) electrons. The molecule has 1 amide bonds. The number of hydrogen-bond acceptors (Lipinski definition) is 6. The second-order valence-electron chi connectivity index (χ2n) is 5.30. The quantitative estimate of drug-likeness (QED) is 0.865. The Morgan fingerprint density at radius 3 is 2.75 bits per heavy atom. The molecule has 0 atom stereocenters. The van der Waals surface area contributed by atoms with Crippen LogP contribution in [-0.4, -0.2) is 31.9 Å². The Morgan fingerprint density at radius 1 is 1.40 bits per heavy atom. The van der Waals surface area contributed by atoms with Crippen LogP contribution in [0, 0.1) is 5.41 Å². The number of amides is 1. The Morgan fingerprint density at radius 2 is 2.15 bits per heavy atom. The summed E-state index contributed by atoms with van der Waals surface area (Å²) in [6, 6.07) is 1.73. The van der Waals surface area contributed by atoms with E-state index in [1.807, 2.05) is 20.8 Å². The van der Waals surface area contributed by atoms with Crippen LogP contribution in [0.1, 0.15) is 31.1 Å². The third-order valence-electron chi connectivity index (χ3n) is 2.54. The summed E-state index contributed by atoms with van der Waals surface area (Å²) in [5.41, 5.74) is 0.0451. The van der Waals surface area contributed by atoms with Crippen molar-refractivity contribution >= 4 is 28.0 Å². The summed E-state index contributed by atoms with van der Waals surface area (Å²) in [5, 5.41) is 15.6. The number of nitrogens with one attached hydrogen (secondary N) is 1. The van der Waals surface area contributed by atoms with E-state index in [-0.39, 0.29) is 18.2 Å². The van der Waals surface area contributed by atoms with Crippen LogP contribution >= 0.6 is 11.3 Å². The van der Waals surface area contributed by atoms with Crippen molar-refractivity contribution in [2.75, 3.05) is 5.32 Å². The molecule has 0 aliphatic rings. The van der Waals surface area contributed by atoms with Gasteiger partial charge < -0.3 is 5.32 Å². The molecule has 2 aromatic rings. The molecule has 7 nitrogen and oxygen atoms in total. The number of carbonyl (C=O) groups is 2. The Kier molecular flexibility index (Phi) is 3.93. The van der Waals surface area contributed by atoms with Gasteiger partial charge in [0.25, 0.3) is 0 Å². The Bertz CT molecular complexity index is 612. The van der Waals surface area contributed by atoms with E-state index in [0.29, 0.717) is 10.6 Å². The molecule has 0 fully saturated rings. The number of aromatic nitrogens is 4. The average molecular weight is 293 g/mol. The van der Waals surface area contributed by atoms with Gasteiger partial charge in [-0.1, -0.05) is 20.8 Å². The number of tetrazole rings is 1. The standard InChI is InChI=1S/C12H15N5O2S/c1-12(2,3)10(19)8-4-5-20-11(8)14-9(18)6-17-7-13-15-16-17/h4-5,7H,6H2,1-3H3,(H,14,18). The zero-order valence-corrected chi connectivity index (χ0v) is 12.3. The smallest absolute Gasteiger partial charge is 0.246 e. The second kappa shape index (κ2) is 5.49. The van der Waals surface area contributed by atoms with Crippen LogP contribution in [0.15, 0.2) is 17.8 Å². The van der Waals surface area contributed by atoms with Gasteiger partial charge in [-0.2, -0.15) is 0 Å². The number of thiophene rings is 1. The summed E-state index contributed by atoms with van der Waals surface area (Å²) in [4.78, 5) is 24.1. The zero-order valence-electron chi connectivity index (χ0n) is 11.5. The van der Waals surface area contributed by atoms with Crippen molar-refractivity contribution in [2.45, 2.75) is 27.3 Å². The molecule has 0 saturated carbocycles. The van der Waals surface area contributed by atoms with Gasteiger partial charge in [-0.15, -0.1) is 16.4 Å². The zero-order chi connectivity index (χ0) is 14.8. The number of rotatable bonds is 4. The Balaban J connectivity index is 2.09. The van der Waals surface area contributed by atoms with Gasteiger partial charge in [-0.25, -0.2) is 4.68 Å². The van der Waals surface area contributed by atoms with Crippen molar-refractivity contribution in [2.24, 2.45) is 5.41 Å². The summed E-state index contributed by atoms with van der Waals surface area (Å²) in [6.45, 7) is 5.55. The number of carbonyl (C=O) groups excluding carboxylic acids is 2. The third-order valence-corrected chi connectivity index (χ3v) is 3.37. The summed E-state index contributed by atoms with van der Waals surface area (Å²) < 4.78 is 1.31. The lowest BCUT2D eigenvalue weighted by molar-refractivity contribution is -0.116. The second-order valence-corrected chi connectivity index (χ2v) is 6.21. The van der Waals surface area contributed by atoms with Gasteiger partial charge in [0.2, 0.25) is 5.91 Å². The van der Waals surface area contributed by atoms with Gasteiger partial charge in [0, 0.05) is 5.41 Å². The molecule has 0 bridgehead atoms. The number of hydrogen-bond donors (Lipinski definition) is 1. The van der Waals surface area contributed by atoms with Crippen molar-refractivity contribution in [3.05, 3.63) is 23.3 Å². The molecule has 0 saturated heterocycles. The van der Waals surface area contributed by atoms with E-state index in [4.69, 9.17) is 0 Å². The van der Waals surface area contributed by atoms with E-state index in [1.54, 1.807) is 11.4 Å². The minimum atomic E-state index is -0.490. The lowest BCUT2D eigenvalue weighted by Gasteiger charge is -2.16. The van der Waals surface area contributed by atoms with Crippen LogP contribution in [-0.2, 0) is 11.3 Å². The molecule has 20 heavy (non-hydrogen) atoms. The van der Waals surface area contributed by atoms with Crippen LogP contribution in [0.25, 0.3) is 0 Å². The molecule has 2 aromatic heterocycles. The molecule has 0 aromatic carbocycles. The van der Waals surface area contributed by atoms with E-state index in [2.05, 4.69) is 20.8 Å². The SMILES string of the molecule is CC(C)(C)C(=O)c1ccsc1NC(=O)Cn1cnnn1. The van der Waals surface area contributed by atoms with Gasteiger partial charge in [0.05, 0.1) is 5.56 Å². The van der Waals surface area contributed by atoms with Crippen LogP contribution in [0.2, 0.25) is 0 Å². The maximum atomic E-state index is 12.3. The maximum Gasteiger partial charge on any atom is 0.246 e. The number of Topliss-reactive ketones (excluding diaryl/α,β-unsaturated/α-hetero) is 1. The van der Waals surface area contributed by atoms with Crippen molar-refractivity contribution in [1.82, 2.24) is 20.2 Å². The van der Waals surface area contributed by atoms with Crippen molar-refractivity contribution in [1.29, 1.82) is 0 Å². The number of anilines is 1. The summed E-state index contributed by atoms with van der Waals surface area (Å²) in [7, 11) is 0. The predicted molar refractivity (Wildman–Crippen MR) is 74.6 cm³/mol. The number of nitrogens with zero attached hydrogens (tertiary/aromatic N) is 4. The fourth-order valence-corrected chi connectivity index (χ4v) is 2.36. The molecule has 0 aliphatic heterocycles. The van der Waals surface area contributed by atoms with Crippen molar-refractivity contribution in [3.8, 4) is 0 Å². The molecule has 106 valence electrons. The highest BCUT2D eigenvalue weighted by atomic mass is 32.1. The first-order chi connectivity index (χ1) is 9.38. The topological polar surface area (TPSA) is 89.8 Å². The van der Waals surface area contributed by atoms with E-state index in [0.717, 1.165) is 0 Å². The molecule has 0 unspecified atom stereocenters. The molecule has 8 heteroatoms. The third kappa shape index (κ3) is 3.27. The normalized spacial score (nSPS) is 11.3. The Hall–Kier alpha value is -2.09. The first kappa shape index (κ1) is 14.3. The van der Waals surface area contributed by atoms with Gasteiger partial charge >= 0.3 is 0 Å². The molecule has 2 heterocycles. The summed E-state index contributed by atoms with van der Waals surface area (Å²) >= 11 is 1.32. The lowest BCUT2D eigenvalue weighted by Crippen LogP contribution is -2.23. The summed E-state index contributed by atoms with van der Waals surface area (Å²) in [6.07, 6.45) is 1.36. The van der Waals surface area contributed by atoms with Gasteiger partial charge in [-0.3, -0.25) is 9.59 Å². The first-order valence-electron chi connectivity index (χ1n) is 6.01. The minimum Gasteiger partial charge on any atom is -0.315 e. The van der Waals surface area contributed by atoms with Crippen LogP contribution in [0.3, 0.4) is 0 Å². The van der Waals surface area contributed by atoms with Gasteiger partial charge in [-0.05, 0) is 21.9 Å². The van der Waals surface area contributed by atoms with E-state index in [1.165, 1.54) is 22.3 Å². The molecular formula is C12H15N5O2S. The average Bonchev–Trinajstić information content (AvgIpc) is 2.98. The molecule has 0 spiro atoms. The lowest BCUT2D eigenvalue weighted by atomic mass is 9.87. The Labute approximate surface area is 120 Å². The van der Waals surface area contributed by atoms with Crippen molar-refractivity contribution in [3.63, 3.8) is 0 Å². The van der Waals surface area contributed by atoms with Crippen LogP contribution < -0.4 is 5.32 Å². The molecular weight excluding hydrogens is 278 g/mol. The largest absolute Gasteiger partial charge is 0.315 e. The highest BCUT2D eigenvalue weighted by molar-refractivity contribution is 7.14. The fraction of sp³-hybridized carbons (Fsp3) is 0.417.